The van der Waals surface area contributed by atoms with Gasteiger partial charge < -0.3 is 14.7 Å². The molecule has 0 aromatic heterocycles. The predicted octanol–water partition coefficient (Wildman–Crippen LogP) is 1.38. The van der Waals surface area contributed by atoms with Crippen LogP contribution in [0.4, 0.5) is 4.79 Å². The van der Waals surface area contributed by atoms with E-state index in [0.29, 0.717) is 19.5 Å². The minimum absolute atomic E-state index is 0.253. The number of nitrogens with zero attached hydrogens (tertiary/aromatic N) is 1. The van der Waals surface area contributed by atoms with Gasteiger partial charge in [0.2, 0.25) is 0 Å². The molecule has 86 valence electrons. The lowest BCUT2D eigenvalue weighted by Gasteiger charge is -2.31. The van der Waals surface area contributed by atoms with Gasteiger partial charge in [0, 0.05) is 19.0 Å². The molecule has 4 heteroatoms. The molecule has 1 N–H and O–H groups in total. The molecule has 0 radical (unpaired) electrons. The van der Waals surface area contributed by atoms with Gasteiger partial charge in [-0.3, -0.25) is 0 Å². The summed E-state index contributed by atoms with van der Waals surface area (Å²) >= 11 is 0. The number of likely N-dealkylation sites (tertiary alicyclic amines) is 1. The van der Waals surface area contributed by atoms with Crippen molar-refractivity contribution in [3.63, 3.8) is 0 Å². The highest BCUT2D eigenvalue weighted by molar-refractivity contribution is 5.68. The second-order valence-electron chi connectivity index (χ2n) is 5.68. The third kappa shape index (κ3) is 2.25. The van der Waals surface area contributed by atoms with Gasteiger partial charge in [-0.05, 0) is 33.6 Å². The molecule has 0 aromatic carbocycles. The fraction of sp³-hybridized carbons (Fsp3) is 0.909. The zero-order chi connectivity index (χ0) is 11.3. The molecule has 0 bridgehead atoms. The normalized spacial score (nSPS) is 34.7. The molecule has 2 fully saturated rings. The lowest BCUT2D eigenvalue weighted by molar-refractivity contribution is 0.00737. The van der Waals surface area contributed by atoms with Crippen LogP contribution in [0.3, 0.4) is 0 Å². The van der Waals surface area contributed by atoms with Crippen LogP contribution >= 0.6 is 0 Å². The van der Waals surface area contributed by atoms with Gasteiger partial charge in [0.05, 0.1) is 5.60 Å². The van der Waals surface area contributed by atoms with Gasteiger partial charge in [0.1, 0.15) is 5.60 Å². The van der Waals surface area contributed by atoms with Crippen LogP contribution in [0.2, 0.25) is 0 Å². The standard InChI is InChI=1S/C11H19NO3/c1-10(2,3)15-9(13)12-5-4-11(14)6-8(11)7-12/h8,14H,4-7H2,1-3H3/t8-,11+/m0/s1. The van der Waals surface area contributed by atoms with Gasteiger partial charge in [-0.2, -0.15) is 0 Å². The first-order valence-electron chi connectivity index (χ1n) is 5.50. The van der Waals surface area contributed by atoms with E-state index in [1.54, 1.807) is 4.90 Å². The molecule has 0 unspecified atom stereocenters. The highest BCUT2D eigenvalue weighted by Gasteiger charge is 2.56. The first-order chi connectivity index (χ1) is 6.80. The molecule has 0 aromatic rings. The molecule has 2 rings (SSSR count). The van der Waals surface area contributed by atoms with E-state index in [1.165, 1.54) is 0 Å². The van der Waals surface area contributed by atoms with Gasteiger partial charge in [-0.15, -0.1) is 0 Å². The lowest BCUT2D eigenvalue weighted by Crippen LogP contribution is -2.43. The average molecular weight is 213 g/mol. The molecule has 15 heavy (non-hydrogen) atoms. The van der Waals surface area contributed by atoms with Crippen molar-refractivity contribution in [1.82, 2.24) is 4.90 Å². The summed E-state index contributed by atoms with van der Waals surface area (Å²) in [4.78, 5) is 13.4. The number of amides is 1. The Labute approximate surface area is 90.2 Å². The van der Waals surface area contributed by atoms with Crippen molar-refractivity contribution in [2.75, 3.05) is 13.1 Å². The monoisotopic (exact) mass is 213 g/mol. The Morgan fingerprint density at radius 3 is 2.73 bits per heavy atom. The topological polar surface area (TPSA) is 49.8 Å². The number of hydrogen-bond acceptors (Lipinski definition) is 3. The van der Waals surface area contributed by atoms with Gasteiger partial charge in [-0.25, -0.2) is 4.79 Å². The lowest BCUT2D eigenvalue weighted by atomic mass is 10.1. The smallest absolute Gasteiger partial charge is 0.410 e. The summed E-state index contributed by atoms with van der Waals surface area (Å²) < 4.78 is 5.28. The van der Waals surface area contributed by atoms with Crippen LogP contribution in [0.15, 0.2) is 0 Å². The zero-order valence-electron chi connectivity index (χ0n) is 9.62. The minimum atomic E-state index is -0.460. The van der Waals surface area contributed by atoms with Crippen molar-refractivity contribution in [3.8, 4) is 0 Å². The molecular weight excluding hydrogens is 194 g/mol. The summed E-state index contributed by atoms with van der Waals surface area (Å²) in [5, 5.41) is 9.80. The number of rotatable bonds is 0. The van der Waals surface area contributed by atoms with Crippen molar-refractivity contribution >= 4 is 6.09 Å². The highest BCUT2D eigenvalue weighted by atomic mass is 16.6. The third-order valence-electron chi connectivity index (χ3n) is 3.11. The number of piperidine rings is 1. The van der Waals surface area contributed by atoms with Crippen LogP contribution < -0.4 is 0 Å². The predicted molar refractivity (Wildman–Crippen MR) is 55.5 cm³/mol. The Kier molecular flexibility index (Phi) is 2.23. The van der Waals surface area contributed by atoms with Crippen molar-refractivity contribution in [2.45, 2.75) is 44.8 Å². The van der Waals surface area contributed by atoms with E-state index in [1.807, 2.05) is 20.8 Å². The molecule has 1 saturated heterocycles. The molecule has 2 atom stereocenters. The van der Waals surface area contributed by atoms with Crippen LogP contribution in [0.1, 0.15) is 33.6 Å². The van der Waals surface area contributed by atoms with Crippen molar-refractivity contribution in [2.24, 2.45) is 5.92 Å². The fourth-order valence-electron chi connectivity index (χ4n) is 2.09. The SMILES string of the molecule is CC(C)(C)OC(=O)N1CC[C@@]2(O)C[C@H]2C1. The summed E-state index contributed by atoms with van der Waals surface area (Å²) in [6.45, 7) is 6.85. The first kappa shape index (κ1) is 10.7. The summed E-state index contributed by atoms with van der Waals surface area (Å²) in [6.07, 6.45) is 1.28. The van der Waals surface area contributed by atoms with Crippen molar-refractivity contribution in [1.29, 1.82) is 0 Å². The maximum absolute atomic E-state index is 11.7. The van der Waals surface area contributed by atoms with E-state index in [2.05, 4.69) is 0 Å². The fourth-order valence-corrected chi connectivity index (χ4v) is 2.09. The van der Waals surface area contributed by atoms with Gasteiger partial charge >= 0.3 is 6.09 Å². The van der Waals surface area contributed by atoms with Crippen molar-refractivity contribution in [3.05, 3.63) is 0 Å². The highest BCUT2D eigenvalue weighted by Crippen LogP contribution is 2.49. The second kappa shape index (κ2) is 3.11. The van der Waals surface area contributed by atoms with Crippen LogP contribution in [-0.2, 0) is 4.74 Å². The van der Waals surface area contributed by atoms with Crippen LogP contribution in [0.25, 0.3) is 0 Å². The van der Waals surface area contributed by atoms with E-state index in [9.17, 15) is 9.90 Å². The van der Waals surface area contributed by atoms with Crippen LogP contribution in [0.5, 0.6) is 0 Å². The Morgan fingerprint density at radius 2 is 2.20 bits per heavy atom. The van der Waals surface area contributed by atoms with Crippen molar-refractivity contribution < 1.29 is 14.6 Å². The summed E-state index contributed by atoms with van der Waals surface area (Å²) in [5.41, 5.74) is -0.896. The molecular formula is C11H19NO3. The van der Waals surface area contributed by atoms with E-state index < -0.39 is 11.2 Å². The Bertz CT molecular complexity index is 284. The number of hydrogen-bond donors (Lipinski definition) is 1. The van der Waals surface area contributed by atoms with Crippen LogP contribution in [0, 0.1) is 5.92 Å². The minimum Gasteiger partial charge on any atom is -0.444 e. The molecule has 1 aliphatic carbocycles. The number of carbonyl (C=O) groups is 1. The molecule has 4 nitrogen and oxygen atoms in total. The number of fused-ring (bicyclic) bond motifs is 1. The van der Waals surface area contributed by atoms with Gasteiger partial charge in [0.25, 0.3) is 0 Å². The molecule has 1 amide bonds. The number of carbonyl (C=O) groups excluding carboxylic acids is 1. The average Bonchev–Trinajstić information content (AvgIpc) is 2.71. The van der Waals surface area contributed by atoms with E-state index in [4.69, 9.17) is 4.74 Å². The maximum Gasteiger partial charge on any atom is 0.410 e. The van der Waals surface area contributed by atoms with Gasteiger partial charge in [-0.1, -0.05) is 0 Å². The Hall–Kier alpha value is -0.770. The summed E-state index contributed by atoms with van der Waals surface area (Å²) in [6, 6.07) is 0. The first-order valence-corrected chi connectivity index (χ1v) is 5.50. The van der Waals surface area contributed by atoms with E-state index in [-0.39, 0.29) is 12.0 Å². The molecule has 0 spiro atoms. The molecule has 1 aliphatic heterocycles. The van der Waals surface area contributed by atoms with Crippen LogP contribution in [-0.4, -0.2) is 40.4 Å². The third-order valence-corrected chi connectivity index (χ3v) is 3.11. The second-order valence-corrected chi connectivity index (χ2v) is 5.68. The Morgan fingerprint density at radius 1 is 1.53 bits per heavy atom. The summed E-state index contributed by atoms with van der Waals surface area (Å²) in [7, 11) is 0. The van der Waals surface area contributed by atoms with E-state index >= 15 is 0 Å². The van der Waals surface area contributed by atoms with Gasteiger partial charge in [0.15, 0.2) is 0 Å². The maximum atomic E-state index is 11.7. The van der Waals surface area contributed by atoms with E-state index in [0.717, 1.165) is 6.42 Å². The molecule has 2 aliphatic rings. The Balaban J connectivity index is 1.88. The zero-order valence-corrected chi connectivity index (χ0v) is 9.62. The largest absolute Gasteiger partial charge is 0.444 e. The molecule has 1 saturated carbocycles. The number of aliphatic hydroxyl groups is 1. The quantitative estimate of drug-likeness (QED) is 0.661. The number of ether oxygens (including phenoxy) is 1. The molecule has 1 heterocycles. The summed E-state index contributed by atoms with van der Waals surface area (Å²) in [5.74, 6) is 0.277.